The van der Waals surface area contributed by atoms with Crippen LogP contribution in [0.2, 0.25) is 0 Å². The fraction of sp³-hybridized carbons (Fsp3) is 0.750. The van der Waals surface area contributed by atoms with Crippen LogP contribution in [0.5, 0.6) is 0 Å². The smallest absolute Gasteiger partial charge is 0.142 e. The number of ketones is 1. The minimum atomic E-state index is 0.303. The standard InChI is InChI=1S/C16H25NOS/c1-4-5-13-6-8-14(9-7-13)15(18)10-16-17-11(2)12(3)19-16/h13-14H,4-10H2,1-3H3. The highest BCUT2D eigenvalue weighted by Gasteiger charge is 2.26. The monoisotopic (exact) mass is 279 g/mol. The second kappa shape index (κ2) is 6.65. The lowest BCUT2D eigenvalue weighted by atomic mass is 9.78. The van der Waals surface area contributed by atoms with Gasteiger partial charge in [0.05, 0.1) is 12.1 Å². The highest BCUT2D eigenvalue weighted by Crippen LogP contribution is 2.32. The molecule has 1 heterocycles. The van der Waals surface area contributed by atoms with Crippen LogP contribution >= 0.6 is 11.3 Å². The molecule has 0 aromatic carbocycles. The van der Waals surface area contributed by atoms with Gasteiger partial charge in [0.1, 0.15) is 10.8 Å². The van der Waals surface area contributed by atoms with Gasteiger partial charge in [-0.15, -0.1) is 11.3 Å². The number of aryl methyl sites for hydroxylation is 2. The van der Waals surface area contributed by atoms with Gasteiger partial charge in [-0.05, 0) is 45.4 Å². The molecule has 0 aliphatic heterocycles. The van der Waals surface area contributed by atoms with Crippen LogP contribution in [0.15, 0.2) is 0 Å². The first-order valence-corrected chi connectivity index (χ1v) is 8.37. The third kappa shape index (κ3) is 3.88. The number of Topliss-reactive ketones (excluding diaryl/α,β-unsaturated/α-hetero) is 1. The maximum absolute atomic E-state index is 12.3. The average molecular weight is 279 g/mol. The third-order valence-electron chi connectivity index (χ3n) is 4.40. The Hall–Kier alpha value is -0.700. The molecular formula is C16H25NOS. The molecule has 2 rings (SSSR count). The van der Waals surface area contributed by atoms with Crippen molar-refractivity contribution in [2.24, 2.45) is 11.8 Å². The van der Waals surface area contributed by atoms with Gasteiger partial charge in [0.2, 0.25) is 0 Å². The zero-order chi connectivity index (χ0) is 13.8. The number of hydrogen-bond acceptors (Lipinski definition) is 3. The number of rotatable bonds is 5. The molecule has 0 spiro atoms. The highest BCUT2D eigenvalue weighted by molar-refractivity contribution is 7.11. The van der Waals surface area contributed by atoms with Crippen molar-refractivity contribution in [2.75, 3.05) is 0 Å². The second-order valence-corrected chi connectivity index (χ2v) is 7.19. The van der Waals surface area contributed by atoms with Crippen LogP contribution < -0.4 is 0 Å². The number of thiazole rings is 1. The van der Waals surface area contributed by atoms with Gasteiger partial charge in [0.25, 0.3) is 0 Å². The van der Waals surface area contributed by atoms with Gasteiger partial charge in [-0.1, -0.05) is 19.8 Å². The Morgan fingerprint density at radius 3 is 2.47 bits per heavy atom. The van der Waals surface area contributed by atoms with Crippen molar-refractivity contribution >= 4 is 17.1 Å². The predicted octanol–water partition coefficient (Wildman–Crippen LogP) is 4.48. The quantitative estimate of drug-likeness (QED) is 0.795. The molecule has 3 heteroatoms. The molecule has 0 bridgehead atoms. The Bertz CT molecular complexity index is 410. The normalized spacial score (nSPS) is 23.5. The number of carbonyl (C=O) groups excluding carboxylic acids is 1. The topological polar surface area (TPSA) is 30.0 Å². The summed E-state index contributed by atoms with van der Waals surface area (Å²) in [5.74, 6) is 1.60. The first-order valence-electron chi connectivity index (χ1n) is 7.55. The van der Waals surface area contributed by atoms with Gasteiger partial charge < -0.3 is 0 Å². The van der Waals surface area contributed by atoms with E-state index in [1.165, 1.54) is 30.6 Å². The zero-order valence-corrected chi connectivity index (χ0v) is 13.2. The maximum atomic E-state index is 12.3. The summed E-state index contributed by atoms with van der Waals surface area (Å²) in [6.45, 7) is 6.36. The van der Waals surface area contributed by atoms with E-state index in [-0.39, 0.29) is 0 Å². The van der Waals surface area contributed by atoms with Crippen LogP contribution in [-0.2, 0) is 11.2 Å². The largest absolute Gasteiger partial charge is 0.299 e. The maximum Gasteiger partial charge on any atom is 0.142 e. The Balaban J connectivity index is 1.84. The van der Waals surface area contributed by atoms with E-state index in [1.54, 1.807) is 11.3 Å². The van der Waals surface area contributed by atoms with Crippen molar-refractivity contribution in [1.29, 1.82) is 0 Å². The Morgan fingerprint density at radius 2 is 1.95 bits per heavy atom. The van der Waals surface area contributed by atoms with Crippen molar-refractivity contribution in [3.05, 3.63) is 15.6 Å². The molecule has 0 saturated heterocycles. The van der Waals surface area contributed by atoms with Gasteiger partial charge in [0, 0.05) is 10.8 Å². The SMILES string of the molecule is CCCC1CCC(C(=O)Cc2nc(C)c(C)s2)CC1. The van der Waals surface area contributed by atoms with Gasteiger partial charge in [0.15, 0.2) is 0 Å². The fourth-order valence-corrected chi connectivity index (χ4v) is 4.03. The van der Waals surface area contributed by atoms with E-state index in [9.17, 15) is 4.79 Å². The van der Waals surface area contributed by atoms with Gasteiger partial charge in [-0.25, -0.2) is 4.98 Å². The molecule has 19 heavy (non-hydrogen) atoms. The molecule has 1 aromatic rings. The first kappa shape index (κ1) is 14.7. The van der Waals surface area contributed by atoms with Crippen molar-refractivity contribution in [3.63, 3.8) is 0 Å². The molecule has 1 aliphatic carbocycles. The second-order valence-electron chi connectivity index (χ2n) is 5.90. The van der Waals surface area contributed by atoms with Crippen LogP contribution in [0, 0.1) is 25.7 Å². The summed E-state index contributed by atoms with van der Waals surface area (Å²) in [4.78, 5) is 18.1. The first-order chi connectivity index (χ1) is 9.10. The summed E-state index contributed by atoms with van der Waals surface area (Å²) in [6, 6.07) is 0. The summed E-state index contributed by atoms with van der Waals surface area (Å²) >= 11 is 1.68. The highest BCUT2D eigenvalue weighted by atomic mass is 32.1. The molecule has 2 nitrogen and oxygen atoms in total. The van der Waals surface area contributed by atoms with Crippen molar-refractivity contribution < 1.29 is 4.79 Å². The Kier molecular flexibility index (Phi) is 5.14. The molecule has 106 valence electrons. The number of aromatic nitrogens is 1. The molecule has 1 fully saturated rings. The fourth-order valence-electron chi connectivity index (χ4n) is 3.09. The van der Waals surface area contributed by atoms with Crippen LogP contribution in [0.3, 0.4) is 0 Å². The van der Waals surface area contributed by atoms with E-state index in [2.05, 4.69) is 18.8 Å². The number of nitrogens with zero attached hydrogens (tertiary/aromatic N) is 1. The van der Waals surface area contributed by atoms with Crippen molar-refractivity contribution in [2.45, 2.75) is 65.7 Å². The summed E-state index contributed by atoms with van der Waals surface area (Å²) in [6.07, 6.45) is 7.88. The van der Waals surface area contributed by atoms with Gasteiger partial charge in [-0.3, -0.25) is 4.79 Å². The van der Waals surface area contributed by atoms with Gasteiger partial charge >= 0.3 is 0 Å². The number of carbonyl (C=O) groups is 1. The molecule has 1 aromatic heterocycles. The summed E-state index contributed by atoms with van der Waals surface area (Å²) in [5, 5.41) is 1.01. The van der Waals surface area contributed by atoms with Crippen LogP contribution in [0.4, 0.5) is 0 Å². The Morgan fingerprint density at radius 1 is 1.26 bits per heavy atom. The zero-order valence-electron chi connectivity index (χ0n) is 12.4. The third-order valence-corrected chi connectivity index (χ3v) is 5.47. The molecule has 0 unspecified atom stereocenters. The van der Waals surface area contributed by atoms with Crippen molar-refractivity contribution in [3.8, 4) is 0 Å². The molecule has 1 aliphatic rings. The number of hydrogen-bond donors (Lipinski definition) is 0. The van der Waals surface area contributed by atoms with E-state index >= 15 is 0 Å². The average Bonchev–Trinajstić information content (AvgIpc) is 2.69. The lowest BCUT2D eigenvalue weighted by molar-refractivity contribution is -0.123. The summed E-state index contributed by atoms with van der Waals surface area (Å²) in [7, 11) is 0. The van der Waals surface area contributed by atoms with E-state index < -0.39 is 0 Å². The van der Waals surface area contributed by atoms with Gasteiger partial charge in [-0.2, -0.15) is 0 Å². The predicted molar refractivity (Wildman–Crippen MR) is 80.7 cm³/mol. The molecular weight excluding hydrogens is 254 g/mol. The summed E-state index contributed by atoms with van der Waals surface area (Å²) in [5.41, 5.74) is 1.08. The van der Waals surface area contributed by atoms with E-state index in [0.29, 0.717) is 18.1 Å². The van der Waals surface area contributed by atoms with Crippen LogP contribution in [0.25, 0.3) is 0 Å². The van der Waals surface area contributed by atoms with Crippen molar-refractivity contribution in [1.82, 2.24) is 4.98 Å². The lowest BCUT2D eigenvalue weighted by Crippen LogP contribution is -2.23. The minimum absolute atomic E-state index is 0.303. The molecule has 0 N–H and O–H groups in total. The molecule has 0 radical (unpaired) electrons. The molecule has 1 saturated carbocycles. The lowest BCUT2D eigenvalue weighted by Gasteiger charge is -2.27. The minimum Gasteiger partial charge on any atom is -0.299 e. The van der Waals surface area contributed by atoms with Crippen LogP contribution in [0.1, 0.15) is 61.0 Å². The van der Waals surface area contributed by atoms with E-state index in [0.717, 1.165) is 29.5 Å². The summed E-state index contributed by atoms with van der Waals surface area (Å²) < 4.78 is 0. The molecule has 0 amide bonds. The molecule has 0 atom stereocenters. The Labute approximate surface area is 120 Å². The van der Waals surface area contributed by atoms with Crippen LogP contribution in [-0.4, -0.2) is 10.8 Å². The van der Waals surface area contributed by atoms with E-state index in [4.69, 9.17) is 0 Å². The van der Waals surface area contributed by atoms with E-state index in [1.807, 2.05) is 6.92 Å².